The van der Waals surface area contributed by atoms with E-state index in [2.05, 4.69) is 6.92 Å². The standard InChI is InChI=1S/C36H43NO6/c1-2-3-4-5-6-7-8-9-10-11-12-13-26-42-33-23-21-30(22-24-33)36(39)43-34-19-14-16-29(27-34)20-25-35(38)31-17-15-18-32(28-31)37(40)41/h14-25,27-28H,2-13,26H2,1H3/b25-20+. The Labute approximate surface area is 255 Å². The molecule has 43 heavy (non-hydrogen) atoms. The van der Waals surface area contributed by atoms with Gasteiger partial charge in [0.2, 0.25) is 0 Å². The Morgan fingerprint density at radius 2 is 1.35 bits per heavy atom. The summed E-state index contributed by atoms with van der Waals surface area (Å²) in [6.45, 7) is 2.91. The zero-order valence-corrected chi connectivity index (χ0v) is 25.2. The van der Waals surface area contributed by atoms with Crippen molar-refractivity contribution in [2.24, 2.45) is 0 Å². The van der Waals surface area contributed by atoms with Crippen molar-refractivity contribution in [2.45, 2.75) is 84.0 Å². The van der Waals surface area contributed by atoms with Gasteiger partial charge in [-0.05, 0) is 54.5 Å². The number of nitro groups is 1. The first-order valence-electron chi connectivity index (χ1n) is 15.5. The van der Waals surface area contributed by atoms with Gasteiger partial charge in [-0.1, -0.05) is 108 Å². The molecule has 0 aliphatic carbocycles. The fraction of sp³-hybridized carbons (Fsp3) is 0.389. The molecule has 0 radical (unpaired) electrons. The molecular formula is C36H43NO6. The predicted molar refractivity (Wildman–Crippen MR) is 171 cm³/mol. The number of ketones is 1. The van der Waals surface area contributed by atoms with Gasteiger partial charge in [0.1, 0.15) is 11.5 Å². The van der Waals surface area contributed by atoms with Crippen LogP contribution in [0.4, 0.5) is 5.69 Å². The number of ether oxygens (including phenoxy) is 2. The van der Waals surface area contributed by atoms with Gasteiger partial charge in [0, 0.05) is 17.7 Å². The number of non-ortho nitro benzene ring substituents is 1. The molecule has 0 aliphatic heterocycles. The van der Waals surface area contributed by atoms with Crippen LogP contribution in [0.1, 0.15) is 110 Å². The maximum absolute atomic E-state index is 12.7. The fourth-order valence-electron chi connectivity index (χ4n) is 4.71. The van der Waals surface area contributed by atoms with Crippen molar-refractivity contribution < 1.29 is 24.0 Å². The molecule has 3 rings (SSSR count). The molecule has 0 saturated heterocycles. The van der Waals surface area contributed by atoms with Gasteiger partial charge in [-0.2, -0.15) is 0 Å². The highest BCUT2D eigenvalue weighted by Gasteiger charge is 2.11. The Morgan fingerprint density at radius 1 is 0.721 bits per heavy atom. The van der Waals surface area contributed by atoms with Gasteiger partial charge in [0.05, 0.1) is 17.1 Å². The quantitative estimate of drug-likeness (QED) is 0.0249. The molecule has 0 heterocycles. The Morgan fingerprint density at radius 3 is 2.00 bits per heavy atom. The molecule has 228 valence electrons. The molecule has 0 aliphatic rings. The Balaban J connectivity index is 1.36. The monoisotopic (exact) mass is 585 g/mol. The van der Waals surface area contributed by atoms with Crippen molar-refractivity contribution >= 4 is 23.5 Å². The molecule has 0 unspecified atom stereocenters. The van der Waals surface area contributed by atoms with E-state index in [4.69, 9.17) is 9.47 Å². The largest absolute Gasteiger partial charge is 0.494 e. The van der Waals surface area contributed by atoms with E-state index >= 15 is 0 Å². The molecule has 3 aromatic rings. The molecule has 7 heteroatoms. The molecule has 0 saturated carbocycles. The highest BCUT2D eigenvalue weighted by atomic mass is 16.6. The summed E-state index contributed by atoms with van der Waals surface area (Å²) >= 11 is 0. The van der Waals surface area contributed by atoms with E-state index in [0.29, 0.717) is 23.5 Å². The third-order valence-corrected chi connectivity index (χ3v) is 7.19. The molecule has 0 amide bonds. The number of carbonyl (C=O) groups excluding carboxylic acids is 2. The van der Waals surface area contributed by atoms with Crippen LogP contribution in [0.25, 0.3) is 6.08 Å². The number of hydrogen-bond donors (Lipinski definition) is 0. The highest BCUT2D eigenvalue weighted by Crippen LogP contribution is 2.20. The van der Waals surface area contributed by atoms with Gasteiger partial charge in [0.15, 0.2) is 5.78 Å². The normalized spacial score (nSPS) is 11.0. The van der Waals surface area contributed by atoms with Crippen LogP contribution >= 0.6 is 0 Å². The van der Waals surface area contributed by atoms with Gasteiger partial charge in [-0.15, -0.1) is 0 Å². The lowest BCUT2D eigenvalue weighted by molar-refractivity contribution is -0.384. The SMILES string of the molecule is CCCCCCCCCCCCCCOc1ccc(C(=O)Oc2cccc(/C=C/C(=O)c3cccc([N+](=O)[O-])c3)c2)cc1. The van der Waals surface area contributed by atoms with Crippen molar-refractivity contribution in [1.29, 1.82) is 0 Å². The molecule has 0 atom stereocenters. The average Bonchev–Trinajstić information content (AvgIpc) is 3.02. The zero-order chi connectivity index (χ0) is 30.7. The minimum Gasteiger partial charge on any atom is -0.494 e. The number of nitro benzene ring substituents is 1. The third-order valence-electron chi connectivity index (χ3n) is 7.19. The number of carbonyl (C=O) groups is 2. The second-order valence-corrected chi connectivity index (χ2v) is 10.7. The Kier molecular flexibility index (Phi) is 14.7. The molecular weight excluding hydrogens is 542 g/mol. The highest BCUT2D eigenvalue weighted by molar-refractivity contribution is 6.07. The van der Waals surface area contributed by atoms with Crippen LogP contribution in [0, 0.1) is 10.1 Å². The third kappa shape index (κ3) is 12.6. The smallest absolute Gasteiger partial charge is 0.343 e. The van der Waals surface area contributed by atoms with E-state index in [9.17, 15) is 19.7 Å². The van der Waals surface area contributed by atoms with Crippen LogP contribution in [0.5, 0.6) is 11.5 Å². The van der Waals surface area contributed by atoms with Crippen molar-refractivity contribution in [3.8, 4) is 11.5 Å². The molecule has 3 aromatic carbocycles. The molecule has 0 spiro atoms. The van der Waals surface area contributed by atoms with E-state index in [1.807, 2.05) is 0 Å². The minimum atomic E-state index is -0.542. The number of rotatable bonds is 20. The average molecular weight is 586 g/mol. The van der Waals surface area contributed by atoms with Gasteiger partial charge < -0.3 is 9.47 Å². The van der Waals surface area contributed by atoms with Crippen molar-refractivity contribution in [3.05, 3.63) is 106 Å². The topological polar surface area (TPSA) is 95.7 Å². The Hall–Kier alpha value is -4.26. The number of nitrogens with zero attached hydrogens (tertiary/aromatic N) is 1. The van der Waals surface area contributed by atoms with E-state index in [1.165, 1.54) is 94.5 Å². The number of hydrogen-bond acceptors (Lipinski definition) is 6. The lowest BCUT2D eigenvalue weighted by atomic mass is 10.1. The van der Waals surface area contributed by atoms with Crippen LogP contribution in [0.15, 0.2) is 78.9 Å². The van der Waals surface area contributed by atoms with Crippen LogP contribution in [-0.2, 0) is 0 Å². The van der Waals surface area contributed by atoms with E-state index in [-0.39, 0.29) is 17.0 Å². The lowest BCUT2D eigenvalue weighted by Crippen LogP contribution is -2.08. The van der Waals surface area contributed by atoms with Crippen LogP contribution in [0.3, 0.4) is 0 Å². The summed E-state index contributed by atoms with van der Waals surface area (Å²) in [5, 5.41) is 11.0. The molecule has 0 fully saturated rings. The van der Waals surface area contributed by atoms with Crippen LogP contribution in [-0.4, -0.2) is 23.3 Å². The lowest BCUT2D eigenvalue weighted by Gasteiger charge is -2.08. The fourth-order valence-corrected chi connectivity index (χ4v) is 4.71. The number of benzene rings is 3. The van der Waals surface area contributed by atoms with Crippen molar-refractivity contribution in [2.75, 3.05) is 6.61 Å². The second kappa shape index (κ2) is 19.0. The number of allylic oxidation sites excluding steroid dienone is 1. The zero-order valence-electron chi connectivity index (χ0n) is 25.2. The van der Waals surface area contributed by atoms with Crippen molar-refractivity contribution in [1.82, 2.24) is 0 Å². The van der Waals surface area contributed by atoms with Gasteiger partial charge >= 0.3 is 5.97 Å². The summed E-state index contributed by atoms with van der Waals surface area (Å²) in [6, 6.07) is 19.2. The maximum Gasteiger partial charge on any atom is 0.343 e. The molecule has 7 nitrogen and oxygen atoms in total. The summed E-state index contributed by atoms with van der Waals surface area (Å²) in [4.78, 5) is 35.5. The maximum atomic E-state index is 12.7. The summed E-state index contributed by atoms with van der Waals surface area (Å²) in [5.41, 5.74) is 1.12. The minimum absolute atomic E-state index is 0.146. The summed E-state index contributed by atoms with van der Waals surface area (Å²) in [5.74, 6) is 0.191. The Bertz CT molecular complexity index is 1330. The first kappa shape index (κ1) is 33.2. The van der Waals surface area contributed by atoms with Crippen molar-refractivity contribution in [3.63, 3.8) is 0 Å². The van der Waals surface area contributed by atoms with E-state index in [0.717, 1.165) is 18.6 Å². The van der Waals surface area contributed by atoms with E-state index in [1.54, 1.807) is 54.6 Å². The van der Waals surface area contributed by atoms with Crippen LogP contribution in [0.2, 0.25) is 0 Å². The summed E-state index contributed by atoms with van der Waals surface area (Å²) in [7, 11) is 0. The first-order valence-corrected chi connectivity index (χ1v) is 15.5. The molecule has 0 bridgehead atoms. The second-order valence-electron chi connectivity index (χ2n) is 10.7. The van der Waals surface area contributed by atoms with Gasteiger partial charge in [-0.25, -0.2) is 4.79 Å². The predicted octanol–water partition coefficient (Wildman–Crippen LogP) is 9.79. The van der Waals surface area contributed by atoms with E-state index < -0.39 is 10.9 Å². The summed E-state index contributed by atoms with van der Waals surface area (Å²) < 4.78 is 11.4. The number of esters is 1. The van der Waals surface area contributed by atoms with Crippen LogP contribution < -0.4 is 9.47 Å². The molecule has 0 N–H and O–H groups in total. The number of unbranched alkanes of at least 4 members (excludes halogenated alkanes) is 11. The van der Waals surface area contributed by atoms with Gasteiger partial charge in [-0.3, -0.25) is 14.9 Å². The summed E-state index contributed by atoms with van der Waals surface area (Å²) in [6.07, 6.45) is 18.5. The molecule has 0 aromatic heterocycles. The van der Waals surface area contributed by atoms with Gasteiger partial charge in [0.25, 0.3) is 5.69 Å². The first-order chi connectivity index (χ1) is 21.0.